The number of benzene rings is 2. The highest BCUT2D eigenvalue weighted by Crippen LogP contribution is 2.21. The molecule has 0 spiro atoms. The molecule has 1 aliphatic rings. The molecule has 0 unspecified atom stereocenters. The van der Waals surface area contributed by atoms with Crippen LogP contribution in [0.1, 0.15) is 29.9 Å². The van der Waals surface area contributed by atoms with Gasteiger partial charge in [0.05, 0.1) is 0 Å². The Morgan fingerprint density at radius 3 is 2.41 bits per heavy atom. The van der Waals surface area contributed by atoms with Gasteiger partial charge in [-0.15, -0.1) is 0 Å². The van der Waals surface area contributed by atoms with E-state index < -0.39 is 0 Å². The fraction of sp³-hybridized carbons (Fsp3) is 0.320. The number of amides is 1. The standard InChI is InChI=1S/C25H29N5O2/c1-17(2)29-11-13-30(14-12-29)22-9-7-19(8-10-22)25(32)27-21-6-4-5-20(16-21)24-26-18(3)15-23(31)28-24/h4-10,15-17H,11-14H2,1-3H3,(H,27,32)(H,26,28,31). The normalized spacial score (nSPS) is 14.6. The van der Waals surface area contributed by atoms with Gasteiger partial charge in [0.25, 0.3) is 11.5 Å². The van der Waals surface area contributed by atoms with Gasteiger partial charge >= 0.3 is 0 Å². The van der Waals surface area contributed by atoms with E-state index in [2.05, 4.69) is 38.9 Å². The van der Waals surface area contributed by atoms with E-state index >= 15 is 0 Å². The number of aromatic amines is 1. The number of H-pyrrole nitrogens is 1. The average Bonchev–Trinajstić information content (AvgIpc) is 2.79. The molecule has 1 aromatic heterocycles. The van der Waals surface area contributed by atoms with Gasteiger partial charge in [0.1, 0.15) is 5.82 Å². The third-order valence-electron chi connectivity index (χ3n) is 5.80. The average molecular weight is 432 g/mol. The lowest BCUT2D eigenvalue weighted by Gasteiger charge is -2.38. The number of aryl methyl sites for hydroxylation is 1. The summed E-state index contributed by atoms with van der Waals surface area (Å²) in [4.78, 5) is 36.5. The van der Waals surface area contributed by atoms with Gasteiger partial charge in [-0.25, -0.2) is 4.98 Å². The lowest BCUT2D eigenvalue weighted by molar-refractivity contribution is 0.102. The monoisotopic (exact) mass is 431 g/mol. The first-order valence-electron chi connectivity index (χ1n) is 11.0. The molecular weight excluding hydrogens is 402 g/mol. The molecule has 1 aliphatic heterocycles. The molecule has 166 valence electrons. The number of rotatable bonds is 5. The fourth-order valence-corrected chi connectivity index (χ4v) is 3.98. The summed E-state index contributed by atoms with van der Waals surface area (Å²) in [6.45, 7) is 10.3. The Kier molecular flexibility index (Phi) is 6.37. The van der Waals surface area contributed by atoms with Crippen LogP contribution in [0, 0.1) is 6.92 Å². The highest BCUT2D eigenvalue weighted by atomic mass is 16.1. The zero-order chi connectivity index (χ0) is 22.7. The van der Waals surface area contributed by atoms with Crippen LogP contribution in [0.4, 0.5) is 11.4 Å². The molecule has 7 heteroatoms. The molecule has 1 amide bonds. The highest BCUT2D eigenvalue weighted by Gasteiger charge is 2.19. The maximum Gasteiger partial charge on any atom is 0.255 e. The zero-order valence-electron chi connectivity index (χ0n) is 18.8. The van der Waals surface area contributed by atoms with E-state index in [1.54, 1.807) is 13.0 Å². The number of aromatic nitrogens is 2. The Hall–Kier alpha value is -3.45. The van der Waals surface area contributed by atoms with Crippen molar-refractivity contribution in [2.75, 3.05) is 36.4 Å². The Morgan fingerprint density at radius 2 is 1.75 bits per heavy atom. The van der Waals surface area contributed by atoms with E-state index in [1.807, 2.05) is 42.5 Å². The molecule has 0 aliphatic carbocycles. The molecule has 32 heavy (non-hydrogen) atoms. The molecule has 2 N–H and O–H groups in total. The van der Waals surface area contributed by atoms with Crippen molar-refractivity contribution in [3.8, 4) is 11.4 Å². The largest absolute Gasteiger partial charge is 0.369 e. The van der Waals surface area contributed by atoms with Crippen molar-refractivity contribution in [2.24, 2.45) is 0 Å². The number of nitrogens with zero attached hydrogens (tertiary/aromatic N) is 3. The molecule has 2 heterocycles. The first-order valence-corrected chi connectivity index (χ1v) is 11.0. The predicted molar refractivity (Wildman–Crippen MR) is 128 cm³/mol. The number of hydrogen-bond acceptors (Lipinski definition) is 5. The van der Waals surface area contributed by atoms with Crippen LogP contribution in [-0.2, 0) is 0 Å². The van der Waals surface area contributed by atoms with Crippen molar-refractivity contribution in [2.45, 2.75) is 26.8 Å². The fourth-order valence-electron chi connectivity index (χ4n) is 3.98. The third-order valence-corrected chi connectivity index (χ3v) is 5.80. The van der Waals surface area contributed by atoms with E-state index in [0.717, 1.165) is 37.4 Å². The number of hydrogen-bond donors (Lipinski definition) is 2. The number of carbonyl (C=O) groups is 1. The van der Waals surface area contributed by atoms with Crippen LogP contribution in [-0.4, -0.2) is 53.0 Å². The first kappa shape index (κ1) is 21.8. The highest BCUT2D eigenvalue weighted by molar-refractivity contribution is 6.04. The minimum absolute atomic E-state index is 0.177. The van der Waals surface area contributed by atoms with Crippen molar-refractivity contribution < 1.29 is 4.79 Å². The Labute approximate surface area is 188 Å². The number of carbonyl (C=O) groups excluding carboxylic acids is 1. The number of piperazine rings is 1. The molecule has 4 rings (SSSR count). The van der Waals surface area contributed by atoms with Crippen LogP contribution in [0.3, 0.4) is 0 Å². The molecule has 3 aromatic rings. The predicted octanol–water partition coefficient (Wildman–Crippen LogP) is 3.53. The smallest absolute Gasteiger partial charge is 0.255 e. The second-order valence-electron chi connectivity index (χ2n) is 8.43. The first-order chi connectivity index (χ1) is 15.4. The third kappa shape index (κ3) is 5.06. The van der Waals surface area contributed by atoms with Gasteiger partial charge in [0.2, 0.25) is 0 Å². The Balaban J connectivity index is 1.43. The van der Waals surface area contributed by atoms with Gasteiger partial charge in [-0.3, -0.25) is 14.5 Å². The SMILES string of the molecule is Cc1cc(=O)[nH]c(-c2cccc(NC(=O)c3ccc(N4CCN(C(C)C)CC4)cc3)c2)n1. The molecule has 1 fully saturated rings. The van der Waals surface area contributed by atoms with Gasteiger partial charge in [-0.2, -0.15) is 0 Å². The molecule has 0 atom stereocenters. The summed E-state index contributed by atoms with van der Waals surface area (Å²) in [7, 11) is 0. The summed E-state index contributed by atoms with van der Waals surface area (Å²) >= 11 is 0. The van der Waals surface area contributed by atoms with Crippen molar-refractivity contribution in [3.63, 3.8) is 0 Å². The van der Waals surface area contributed by atoms with Crippen LogP contribution in [0.25, 0.3) is 11.4 Å². The quantitative estimate of drug-likeness (QED) is 0.646. The Morgan fingerprint density at radius 1 is 1.03 bits per heavy atom. The van der Waals surface area contributed by atoms with Crippen LogP contribution in [0.2, 0.25) is 0 Å². The van der Waals surface area contributed by atoms with Gasteiger partial charge in [0.15, 0.2) is 0 Å². The van der Waals surface area contributed by atoms with Crippen LogP contribution >= 0.6 is 0 Å². The van der Waals surface area contributed by atoms with E-state index in [4.69, 9.17) is 0 Å². The zero-order valence-corrected chi connectivity index (χ0v) is 18.8. The van der Waals surface area contributed by atoms with Gasteiger partial charge in [0, 0.05) is 66.5 Å². The van der Waals surface area contributed by atoms with Crippen LogP contribution in [0.5, 0.6) is 0 Å². The van der Waals surface area contributed by atoms with Crippen LogP contribution < -0.4 is 15.8 Å². The van der Waals surface area contributed by atoms with Crippen molar-refractivity contribution >= 4 is 17.3 Å². The number of anilines is 2. The van der Waals surface area contributed by atoms with Gasteiger partial charge < -0.3 is 15.2 Å². The lowest BCUT2D eigenvalue weighted by atomic mass is 10.1. The molecule has 0 bridgehead atoms. The molecule has 2 aromatic carbocycles. The minimum atomic E-state index is -0.201. The van der Waals surface area contributed by atoms with Crippen molar-refractivity contribution in [1.29, 1.82) is 0 Å². The summed E-state index contributed by atoms with van der Waals surface area (Å²) in [5.74, 6) is 0.303. The summed E-state index contributed by atoms with van der Waals surface area (Å²) in [5, 5.41) is 2.94. The van der Waals surface area contributed by atoms with E-state index in [1.165, 1.54) is 6.07 Å². The molecular formula is C25H29N5O2. The molecule has 7 nitrogen and oxygen atoms in total. The van der Waals surface area contributed by atoms with E-state index in [0.29, 0.717) is 28.8 Å². The minimum Gasteiger partial charge on any atom is -0.369 e. The topological polar surface area (TPSA) is 81.3 Å². The van der Waals surface area contributed by atoms with Crippen molar-refractivity contribution in [3.05, 3.63) is 76.2 Å². The maximum atomic E-state index is 12.8. The van der Waals surface area contributed by atoms with E-state index in [-0.39, 0.29) is 11.5 Å². The van der Waals surface area contributed by atoms with Gasteiger partial charge in [-0.05, 0) is 57.2 Å². The summed E-state index contributed by atoms with van der Waals surface area (Å²) in [6.07, 6.45) is 0. The summed E-state index contributed by atoms with van der Waals surface area (Å²) in [5.41, 5.74) is 3.56. The van der Waals surface area contributed by atoms with Crippen molar-refractivity contribution in [1.82, 2.24) is 14.9 Å². The molecule has 0 radical (unpaired) electrons. The van der Waals surface area contributed by atoms with Crippen LogP contribution in [0.15, 0.2) is 59.4 Å². The summed E-state index contributed by atoms with van der Waals surface area (Å²) < 4.78 is 0. The molecule has 0 saturated carbocycles. The molecule has 1 saturated heterocycles. The lowest BCUT2D eigenvalue weighted by Crippen LogP contribution is -2.48. The summed E-state index contributed by atoms with van der Waals surface area (Å²) in [6, 6.07) is 17.1. The van der Waals surface area contributed by atoms with Gasteiger partial charge in [-0.1, -0.05) is 12.1 Å². The second kappa shape index (κ2) is 9.36. The Bertz CT molecular complexity index is 1150. The van der Waals surface area contributed by atoms with E-state index in [9.17, 15) is 9.59 Å². The maximum absolute atomic E-state index is 12.8. The second-order valence-corrected chi connectivity index (χ2v) is 8.43. The number of nitrogens with one attached hydrogen (secondary N) is 2.